The van der Waals surface area contributed by atoms with Crippen molar-refractivity contribution in [1.82, 2.24) is 0 Å². The molecule has 1 saturated heterocycles. The number of sulfone groups is 1. The van der Waals surface area contributed by atoms with Gasteiger partial charge in [-0.2, -0.15) is 8.42 Å². The second-order valence-corrected chi connectivity index (χ2v) is 7.83. The van der Waals surface area contributed by atoms with Gasteiger partial charge in [-0.25, -0.2) is 8.42 Å². The van der Waals surface area contributed by atoms with Crippen LogP contribution in [0.1, 0.15) is 17.0 Å². The van der Waals surface area contributed by atoms with Crippen LogP contribution in [0.3, 0.4) is 0 Å². The lowest BCUT2D eigenvalue weighted by Gasteiger charge is -2.27. The molecule has 0 aromatic heterocycles. The Morgan fingerprint density at radius 3 is 2.35 bits per heavy atom. The molecule has 1 aliphatic rings. The molecule has 0 bridgehead atoms. The molecule has 1 fully saturated rings. The highest BCUT2D eigenvalue weighted by Gasteiger charge is 2.37. The molecule has 1 heterocycles. The Balaban J connectivity index is 2.50. The van der Waals surface area contributed by atoms with E-state index in [0.29, 0.717) is 5.56 Å². The maximum absolute atomic E-state index is 11.2. The fourth-order valence-electron chi connectivity index (χ4n) is 1.97. The van der Waals surface area contributed by atoms with Gasteiger partial charge in [-0.05, 0) is 18.6 Å². The second kappa shape index (κ2) is 3.79. The third-order valence-electron chi connectivity index (χ3n) is 2.79. The molecule has 7 heteroatoms. The molecule has 2 rings (SSSR count). The quantitative estimate of drug-likeness (QED) is 0.805. The van der Waals surface area contributed by atoms with Crippen molar-refractivity contribution in [3.8, 4) is 0 Å². The van der Waals surface area contributed by atoms with E-state index in [1.807, 2.05) is 0 Å². The van der Waals surface area contributed by atoms with Gasteiger partial charge in [0.15, 0.2) is 9.84 Å². The number of hydrogen-bond acceptors (Lipinski definition) is 4. The summed E-state index contributed by atoms with van der Waals surface area (Å²) in [7, 11) is -7.33. The monoisotopic (exact) mass is 276 g/mol. The number of rotatable bonds is 2. The normalized spacial score (nSPS) is 19.9. The first kappa shape index (κ1) is 12.5. The molecule has 1 aromatic carbocycles. The second-order valence-electron chi connectivity index (χ2n) is 4.29. The SMILES string of the molecule is Cc1ccc(S(=O)(=O)O)c(C2CS(=O)(=O)C2)c1. The zero-order valence-corrected chi connectivity index (χ0v) is 10.8. The van der Waals surface area contributed by atoms with Crippen LogP contribution in [0.15, 0.2) is 23.1 Å². The van der Waals surface area contributed by atoms with E-state index < -0.39 is 20.0 Å². The van der Waals surface area contributed by atoms with E-state index in [4.69, 9.17) is 4.55 Å². The topological polar surface area (TPSA) is 88.5 Å². The number of aryl methyl sites for hydroxylation is 1. The van der Waals surface area contributed by atoms with Crippen LogP contribution in [0, 0.1) is 6.92 Å². The average Bonchev–Trinajstić information content (AvgIpc) is 2.11. The van der Waals surface area contributed by atoms with Crippen LogP contribution in [-0.2, 0) is 20.0 Å². The first-order chi connectivity index (χ1) is 7.69. The first-order valence-corrected chi connectivity index (χ1v) is 8.24. The fraction of sp³-hybridized carbons (Fsp3) is 0.400. The molecule has 0 radical (unpaired) electrons. The summed E-state index contributed by atoms with van der Waals surface area (Å²) in [6.07, 6.45) is 0. The summed E-state index contributed by atoms with van der Waals surface area (Å²) in [5, 5.41) is 0. The lowest BCUT2D eigenvalue weighted by atomic mass is 10.0. The zero-order chi connectivity index (χ0) is 12.8. The largest absolute Gasteiger partial charge is 0.294 e. The standard InChI is InChI=1S/C10H12O5S2/c1-7-2-3-10(17(13,14)15)9(4-7)8-5-16(11,12)6-8/h2-4,8H,5-6H2,1H3,(H,13,14,15). The molecular weight excluding hydrogens is 264 g/mol. The summed E-state index contributed by atoms with van der Waals surface area (Å²) in [5.41, 5.74) is 1.22. The minimum Gasteiger partial charge on any atom is -0.282 e. The Morgan fingerprint density at radius 2 is 1.88 bits per heavy atom. The van der Waals surface area contributed by atoms with E-state index in [1.54, 1.807) is 19.1 Å². The third kappa shape index (κ3) is 2.51. The number of benzene rings is 1. The Bertz CT molecular complexity index is 646. The lowest BCUT2D eigenvalue weighted by molar-refractivity contribution is 0.480. The predicted octanol–water partition coefficient (Wildman–Crippen LogP) is 0.754. The van der Waals surface area contributed by atoms with Gasteiger partial charge in [0.05, 0.1) is 16.4 Å². The summed E-state index contributed by atoms with van der Waals surface area (Å²) in [5.74, 6) is -0.449. The maximum atomic E-state index is 11.2. The molecule has 0 spiro atoms. The van der Waals surface area contributed by atoms with E-state index in [1.165, 1.54) is 6.07 Å². The fourth-order valence-corrected chi connectivity index (χ4v) is 4.22. The van der Waals surface area contributed by atoms with Gasteiger partial charge in [-0.3, -0.25) is 4.55 Å². The van der Waals surface area contributed by atoms with E-state index >= 15 is 0 Å². The van der Waals surface area contributed by atoms with Crippen LogP contribution < -0.4 is 0 Å². The van der Waals surface area contributed by atoms with Crippen molar-refractivity contribution >= 4 is 20.0 Å². The van der Waals surface area contributed by atoms with Crippen LogP contribution in [0.4, 0.5) is 0 Å². The van der Waals surface area contributed by atoms with E-state index in [9.17, 15) is 16.8 Å². The Hall–Kier alpha value is -0.920. The minimum atomic E-state index is -4.30. The van der Waals surface area contributed by atoms with Crippen molar-refractivity contribution in [2.24, 2.45) is 0 Å². The van der Waals surface area contributed by atoms with Gasteiger partial charge >= 0.3 is 0 Å². The van der Waals surface area contributed by atoms with E-state index in [-0.39, 0.29) is 22.3 Å². The molecule has 0 aliphatic carbocycles. The van der Waals surface area contributed by atoms with Crippen molar-refractivity contribution < 1.29 is 21.4 Å². The molecule has 94 valence electrons. The summed E-state index contributed by atoms with van der Waals surface area (Å²) in [4.78, 5) is -0.192. The Kier molecular flexibility index (Phi) is 2.80. The summed E-state index contributed by atoms with van der Waals surface area (Å²) in [6.45, 7) is 1.78. The third-order valence-corrected chi connectivity index (χ3v) is 5.54. The first-order valence-electron chi connectivity index (χ1n) is 4.97. The molecule has 1 aromatic rings. The smallest absolute Gasteiger partial charge is 0.282 e. The van der Waals surface area contributed by atoms with Gasteiger partial charge in [0.2, 0.25) is 0 Å². The highest BCUT2D eigenvalue weighted by molar-refractivity contribution is 7.92. The zero-order valence-electron chi connectivity index (χ0n) is 9.12. The molecule has 0 saturated carbocycles. The van der Waals surface area contributed by atoms with Gasteiger partial charge in [0.1, 0.15) is 0 Å². The molecule has 5 nitrogen and oxygen atoms in total. The molecular formula is C10H12O5S2. The van der Waals surface area contributed by atoms with Crippen LogP contribution in [-0.4, -0.2) is 32.9 Å². The van der Waals surface area contributed by atoms with Gasteiger partial charge in [0, 0.05) is 5.92 Å². The Morgan fingerprint density at radius 1 is 1.29 bits per heavy atom. The molecule has 0 amide bonds. The lowest BCUT2D eigenvalue weighted by Crippen LogP contribution is -2.35. The molecule has 0 atom stereocenters. The van der Waals surface area contributed by atoms with Gasteiger partial charge in [0.25, 0.3) is 10.1 Å². The summed E-state index contributed by atoms with van der Waals surface area (Å²) in [6, 6.07) is 4.49. The van der Waals surface area contributed by atoms with Gasteiger partial charge in [-0.1, -0.05) is 17.7 Å². The van der Waals surface area contributed by atoms with Crippen molar-refractivity contribution in [1.29, 1.82) is 0 Å². The van der Waals surface area contributed by atoms with Crippen molar-refractivity contribution in [3.63, 3.8) is 0 Å². The predicted molar refractivity (Wildman–Crippen MR) is 62.4 cm³/mol. The number of hydrogen-bond donors (Lipinski definition) is 1. The highest BCUT2D eigenvalue weighted by atomic mass is 32.2. The molecule has 1 N–H and O–H groups in total. The van der Waals surface area contributed by atoms with Crippen LogP contribution in [0.5, 0.6) is 0 Å². The van der Waals surface area contributed by atoms with Crippen molar-refractivity contribution in [3.05, 3.63) is 29.3 Å². The van der Waals surface area contributed by atoms with E-state index in [2.05, 4.69) is 0 Å². The van der Waals surface area contributed by atoms with E-state index in [0.717, 1.165) is 5.56 Å². The highest BCUT2D eigenvalue weighted by Crippen LogP contribution is 2.33. The van der Waals surface area contributed by atoms with Crippen molar-refractivity contribution in [2.75, 3.05) is 11.5 Å². The Labute approximate surface area is 100 Å². The summed E-state index contributed by atoms with van der Waals surface area (Å²) < 4.78 is 53.6. The van der Waals surface area contributed by atoms with Crippen LogP contribution >= 0.6 is 0 Å². The maximum Gasteiger partial charge on any atom is 0.294 e. The van der Waals surface area contributed by atoms with Gasteiger partial charge in [-0.15, -0.1) is 0 Å². The van der Waals surface area contributed by atoms with Crippen LogP contribution in [0.2, 0.25) is 0 Å². The average molecular weight is 276 g/mol. The molecule has 17 heavy (non-hydrogen) atoms. The summed E-state index contributed by atoms with van der Waals surface area (Å²) >= 11 is 0. The molecule has 0 unspecified atom stereocenters. The van der Waals surface area contributed by atoms with Crippen molar-refractivity contribution in [2.45, 2.75) is 17.7 Å². The van der Waals surface area contributed by atoms with Gasteiger partial charge < -0.3 is 0 Å². The molecule has 1 aliphatic heterocycles. The minimum absolute atomic E-state index is 0.0566. The van der Waals surface area contributed by atoms with Crippen LogP contribution in [0.25, 0.3) is 0 Å².